The Bertz CT molecular complexity index is 786. The fourth-order valence-corrected chi connectivity index (χ4v) is 3.55. The van der Waals surface area contributed by atoms with Gasteiger partial charge >= 0.3 is 0 Å². The number of nitrogens with zero attached hydrogens (tertiary/aromatic N) is 3. The van der Waals surface area contributed by atoms with Crippen molar-refractivity contribution < 1.29 is 9.53 Å². The van der Waals surface area contributed by atoms with Crippen LogP contribution in [0, 0.1) is 13.8 Å². The van der Waals surface area contributed by atoms with Crippen molar-refractivity contribution in [2.75, 3.05) is 26.2 Å². The SMILES string of the molecule is Cc1ccc(C(=O)N2CCC(c3ncncc3C)CC2)c(OCCCN)c1. The van der Waals surface area contributed by atoms with Crippen molar-refractivity contribution in [1.29, 1.82) is 0 Å². The van der Waals surface area contributed by atoms with E-state index in [4.69, 9.17) is 10.5 Å². The molecule has 0 atom stereocenters. The van der Waals surface area contributed by atoms with E-state index < -0.39 is 0 Å². The van der Waals surface area contributed by atoms with Crippen LogP contribution in [0.15, 0.2) is 30.7 Å². The number of benzene rings is 1. The molecule has 2 aromatic rings. The number of ether oxygens (including phenoxy) is 1. The van der Waals surface area contributed by atoms with Gasteiger partial charge in [-0.15, -0.1) is 0 Å². The van der Waals surface area contributed by atoms with Gasteiger partial charge < -0.3 is 15.4 Å². The van der Waals surface area contributed by atoms with E-state index in [0.29, 0.717) is 30.4 Å². The van der Waals surface area contributed by atoms with Gasteiger partial charge in [0.05, 0.1) is 12.2 Å². The van der Waals surface area contributed by atoms with Gasteiger partial charge in [-0.25, -0.2) is 9.97 Å². The topological polar surface area (TPSA) is 81.3 Å². The molecule has 2 N–H and O–H groups in total. The van der Waals surface area contributed by atoms with Crippen molar-refractivity contribution in [3.63, 3.8) is 0 Å². The normalized spacial score (nSPS) is 15.0. The zero-order valence-electron chi connectivity index (χ0n) is 16.1. The maximum absolute atomic E-state index is 13.1. The molecule has 6 nitrogen and oxygen atoms in total. The molecule has 144 valence electrons. The van der Waals surface area contributed by atoms with Crippen LogP contribution in [-0.4, -0.2) is 47.0 Å². The van der Waals surface area contributed by atoms with Gasteiger partial charge in [0.15, 0.2) is 0 Å². The Morgan fingerprint density at radius 3 is 2.78 bits per heavy atom. The number of likely N-dealkylation sites (tertiary alicyclic amines) is 1. The van der Waals surface area contributed by atoms with Crippen LogP contribution < -0.4 is 10.5 Å². The number of carbonyl (C=O) groups excluding carboxylic acids is 1. The first-order chi connectivity index (χ1) is 13.1. The van der Waals surface area contributed by atoms with Crippen molar-refractivity contribution in [3.8, 4) is 5.75 Å². The Labute approximate surface area is 160 Å². The lowest BCUT2D eigenvalue weighted by Gasteiger charge is -2.32. The maximum atomic E-state index is 13.1. The lowest BCUT2D eigenvalue weighted by atomic mass is 9.91. The number of hydrogen-bond acceptors (Lipinski definition) is 5. The van der Waals surface area contributed by atoms with E-state index in [1.54, 1.807) is 6.33 Å². The number of amides is 1. The van der Waals surface area contributed by atoms with Crippen LogP contribution in [0.25, 0.3) is 0 Å². The van der Waals surface area contributed by atoms with Crippen molar-refractivity contribution in [2.24, 2.45) is 5.73 Å². The monoisotopic (exact) mass is 368 g/mol. The van der Waals surface area contributed by atoms with E-state index in [1.165, 1.54) is 0 Å². The van der Waals surface area contributed by atoms with E-state index in [9.17, 15) is 4.79 Å². The summed E-state index contributed by atoms with van der Waals surface area (Å²) < 4.78 is 5.83. The van der Waals surface area contributed by atoms with E-state index in [-0.39, 0.29) is 5.91 Å². The summed E-state index contributed by atoms with van der Waals surface area (Å²) in [4.78, 5) is 23.5. The van der Waals surface area contributed by atoms with Crippen LogP contribution in [0.5, 0.6) is 5.75 Å². The summed E-state index contributed by atoms with van der Waals surface area (Å²) in [5, 5.41) is 0. The van der Waals surface area contributed by atoms with E-state index in [1.807, 2.05) is 43.1 Å². The molecule has 3 rings (SSSR count). The molecular weight excluding hydrogens is 340 g/mol. The summed E-state index contributed by atoms with van der Waals surface area (Å²) in [6.45, 7) is 6.59. The van der Waals surface area contributed by atoms with Crippen LogP contribution in [0.2, 0.25) is 0 Å². The molecular formula is C21H28N4O2. The van der Waals surface area contributed by atoms with Crippen molar-refractivity contribution >= 4 is 5.91 Å². The summed E-state index contributed by atoms with van der Waals surface area (Å²) in [6, 6.07) is 5.76. The third kappa shape index (κ3) is 4.63. The number of piperidine rings is 1. The summed E-state index contributed by atoms with van der Waals surface area (Å²) in [5.74, 6) is 1.08. The molecule has 0 bridgehead atoms. The third-order valence-electron chi connectivity index (χ3n) is 5.08. The lowest BCUT2D eigenvalue weighted by Crippen LogP contribution is -2.38. The van der Waals surface area contributed by atoms with Crippen molar-refractivity contribution in [2.45, 2.75) is 39.0 Å². The smallest absolute Gasteiger partial charge is 0.257 e. The highest BCUT2D eigenvalue weighted by Gasteiger charge is 2.27. The van der Waals surface area contributed by atoms with Crippen LogP contribution in [0.3, 0.4) is 0 Å². The van der Waals surface area contributed by atoms with Crippen LogP contribution in [0.1, 0.15) is 52.4 Å². The maximum Gasteiger partial charge on any atom is 0.257 e. The van der Waals surface area contributed by atoms with E-state index in [2.05, 4.69) is 9.97 Å². The highest BCUT2D eigenvalue weighted by atomic mass is 16.5. The molecule has 0 spiro atoms. The molecule has 1 saturated heterocycles. The molecule has 1 aromatic carbocycles. The molecule has 0 aliphatic carbocycles. The van der Waals surface area contributed by atoms with E-state index in [0.717, 1.165) is 49.2 Å². The third-order valence-corrected chi connectivity index (χ3v) is 5.08. The average Bonchev–Trinajstić information content (AvgIpc) is 2.68. The highest BCUT2D eigenvalue weighted by molar-refractivity contribution is 5.97. The number of nitrogens with two attached hydrogens (primary N) is 1. The van der Waals surface area contributed by atoms with Gasteiger partial charge in [-0.1, -0.05) is 6.07 Å². The molecule has 6 heteroatoms. The molecule has 1 aromatic heterocycles. The molecule has 27 heavy (non-hydrogen) atoms. The van der Waals surface area contributed by atoms with Gasteiger partial charge in [-0.3, -0.25) is 4.79 Å². The minimum atomic E-state index is 0.0376. The largest absolute Gasteiger partial charge is 0.493 e. The fourth-order valence-electron chi connectivity index (χ4n) is 3.55. The lowest BCUT2D eigenvalue weighted by molar-refractivity contribution is 0.0707. The summed E-state index contributed by atoms with van der Waals surface area (Å²) in [6.07, 6.45) is 6.07. The summed E-state index contributed by atoms with van der Waals surface area (Å²) in [7, 11) is 0. The quantitative estimate of drug-likeness (QED) is 0.793. The number of aromatic nitrogens is 2. The standard InChI is InChI=1S/C21H28N4O2/c1-15-4-5-18(19(12-15)27-11-3-8-22)21(26)25-9-6-17(7-10-25)20-16(2)13-23-14-24-20/h4-5,12-14,17H,3,6-11,22H2,1-2H3. The second-order valence-electron chi connectivity index (χ2n) is 7.15. The van der Waals surface area contributed by atoms with E-state index >= 15 is 0 Å². The molecule has 0 radical (unpaired) electrons. The minimum Gasteiger partial charge on any atom is -0.493 e. The first-order valence-corrected chi connectivity index (χ1v) is 9.59. The number of hydrogen-bond donors (Lipinski definition) is 1. The first-order valence-electron chi connectivity index (χ1n) is 9.59. The molecule has 0 unspecified atom stereocenters. The summed E-state index contributed by atoms with van der Waals surface area (Å²) in [5.41, 5.74) is 9.49. The second kappa shape index (κ2) is 8.95. The molecule has 1 amide bonds. The Kier molecular flexibility index (Phi) is 6.40. The fraction of sp³-hybridized carbons (Fsp3) is 0.476. The Balaban J connectivity index is 1.68. The summed E-state index contributed by atoms with van der Waals surface area (Å²) >= 11 is 0. The molecule has 0 saturated carbocycles. The minimum absolute atomic E-state index is 0.0376. The number of rotatable bonds is 6. The predicted molar refractivity (Wildman–Crippen MR) is 105 cm³/mol. The Morgan fingerprint density at radius 2 is 2.07 bits per heavy atom. The molecule has 1 fully saturated rings. The zero-order valence-corrected chi connectivity index (χ0v) is 16.1. The Morgan fingerprint density at radius 1 is 1.30 bits per heavy atom. The van der Waals surface area contributed by atoms with Gasteiger partial charge in [0.25, 0.3) is 5.91 Å². The van der Waals surface area contributed by atoms with Gasteiger partial charge in [0.2, 0.25) is 0 Å². The molecule has 1 aliphatic rings. The predicted octanol–water partition coefficient (Wildman–Crippen LogP) is 2.84. The zero-order chi connectivity index (χ0) is 19.2. The van der Waals surface area contributed by atoms with Crippen molar-refractivity contribution in [3.05, 3.63) is 53.1 Å². The van der Waals surface area contributed by atoms with Gasteiger partial charge in [-0.2, -0.15) is 0 Å². The molecule has 1 aliphatic heterocycles. The first kappa shape index (κ1) is 19.3. The van der Waals surface area contributed by atoms with Gasteiger partial charge in [-0.05, 0) is 62.9 Å². The van der Waals surface area contributed by atoms with Crippen LogP contribution >= 0.6 is 0 Å². The highest BCUT2D eigenvalue weighted by Crippen LogP contribution is 2.30. The second-order valence-corrected chi connectivity index (χ2v) is 7.15. The van der Waals surface area contributed by atoms with Crippen LogP contribution in [0.4, 0.5) is 0 Å². The number of aryl methyl sites for hydroxylation is 2. The number of carbonyl (C=O) groups is 1. The van der Waals surface area contributed by atoms with Gasteiger partial charge in [0, 0.05) is 30.9 Å². The van der Waals surface area contributed by atoms with Gasteiger partial charge in [0.1, 0.15) is 12.1 Å². The van der Waals surface area contributed by atoms with Crippen LogP contribution in [-0.2, 0) is 0 Å². The molecule has 2 heterocycles. The van der Waals surface area contributed by atoms with Crippen molar-refractivity contribution in [1.82, 2.24) is 14.9 Å². The Hall–Kier alpha value is -2.47. The average molecular weight is 368 g/mol.